The fourth-order valence-corrected chi connectivity index (χ4v) is 9.26. The molecule has 0 N–H and O–H groups in total. The highest BCUT2D eigenvalue weighted by Gasteiger charge is 2.44. The van der Waals surface area contributed by atoms with Gasteiger partial charge in [0.25, 0.3) is 0 Å². The highest BCUT2D eigenvalue weighted by molar-refractivity contribution is 6.33. The monoisotopic (exact) mass is 562 g/mol. The van der Waals surface area contributed by atoms with Crippen LogP contribution in [0, 0.1) is 34.5 Å². The number of hydrogen-bond acceptors (Lipinski definition) is 1. The van der Waals surface area contributed by atoms with Gasteiger partial charge in [-0.15, -0.1) is 0 Å². The van der Waals surface area contributed by atoms with Crippen LogP contribution in [0.15, 0.2) is 22.2 Å². The molecule has 0 saturated heterocycles. The van der Waals surface area contributed by atoms with Crippen LogP contribution in [-0.4, -0.2) is 5.78 Å². The second kappa shape index (κ2) is 14.6. The number of rotatable bonds is 14. The molecular formula is C35H56Cl2O. The zero-order valence-corrected chi connectivity index (χ0v) is 26.2. The molecule has 0 radical (unpaired) electrons. The summed E-state index contributed by atoms with van der Waals surface area (Å²) in [5, 5.41) is 1.51. The molecule has 4 aliphatic carbocycles. The minimum Gasteiger partial charge on any atom is -0.290 e. The minimum atomic E-state index is -0.0161. The molecule has 4 aliphatic rings. The average Bonchev–Trinajstić information content (AvgIpc) is 2.88. The molecule has 1 nitrogen and oxygen atoms in total. The van der Waals surface area contributed by atoms with Crippen molar-refractivity contribution in [1.29, 1.82) is 0 Å². The zero-order chi connectivity index (χ0) is 27.0. The minimum absolute atomic E-state index is 0.0161. The van der Waals surface area contributed by atoms with Gasteiger partial charge in [0.1, 0.15) is 0 Å². The van der Waals surface area contributed by atoms with Crippen molar-refractivity contribution in [3.8, 4) is 0 Å². The van der Waals surface area contributed by atoms with E-state index >= 15 is 0 Å². The van der Waals surface area contributed by atoms with Gasteiger partial charge in [0.05, 0.1) is 0 Å². The molecule has 216 valence electrons. The van der Waals surface area contributed by atoms with Crippen molar-refractivity contribution < 1.29 is 4.79 Å². The maximum absolute atomic E-state index is 12.8. The highest BCUT2D eigenvalue weighted by Crippen LogP contribution is 2.56. The Morgan fingerprint density at radius 3 is 1.37 bits per heavy atom. The van der Waals surface area contributed by atoms with Crippen molar-refractivity contribution in [3.05, 3.63) is 22.2 Å². The molecule has 0 aromatic heterocycles. The molecule has 0 amide bonds. The van der Waals surface area contributed by atoms with Gasteiger partial charge < -0.3 is 0 Å². The van der Waals surface area contributed by atoms with Crippen LogP contribution in [0.25, 0.3) is 0 Å². The Hall–Kier alpha value is -0.270. The zero-order valence-electron chi connectivity index (χ0n) is 24.7. The summed E-state index contributed by atoms with van der Waals surface area (Å²) in [4.78, 5) is 12.8. The third-order valence-corrected chi connectivity index (χ3v) is 12.5. The van der Waals surface area contributed by atoms with Gasteiger partial charge in [-0.3, -0.25) is 4.79 Å². The van der Waals surface area contributed by atoms with Crippen molar-refractivity contribution >= 4 is 29.0 Å². The summed E-state index contributed by atoms with van der Waals surface area (Å²) in [6.45, 7) is 4.68. The van der Waals surface area contributed by atoms with Crippen LogP contribution in [0.3, 0.4) is 0 Å². The van der Waals surface area contributed by atoms with Crippen molar-refractivity contribution in [2.24, 2.45) is 34.5 Å². The van der Waals surface area contributed by atoms with Gasteiger partial charge in [-0.05, 0) is 73.0 Å². The molecule has 4 rings (SSSR count). The van der Waals surface area contributed by atoms with Crippen LogP contribution >= 0.6 is 23.2 Å². The summed E-state index contributed by atoms with van der Waals surface area (Å²) in [6.07, 6.45) is 33.1. The smallest absolute Gasteiger partial charge is 0.180 e. The number of carbonyl (C=O) groups is 1. The summed E-state index contributed by atoms with van der Waals surface area (Å²) in [5.41, 5.74) is 0.909. The Bertz CT molecular complexity index is 736. The second-order valence-corrected chi connectivity index (χ2v) is 15.0. The second-order valence-electron chi connectivity index (χ2n) is 14.2. The van der Waals surface area contributed by atoms with E-state index in [9.17, 15) is 4.79 Å². The van der Waals surface area contributed by atoms with Crippen LogP contribution in [0.1, 0.15) is 155 Å². The predicted molar refractivity (Wildman–Crippen MR) is 165 cm³/mol. The molecule has 38 heavy (non-hydrogen) atoms. The molecule has 0 unspecified atom stereocenters. The fraction of sp³-hybridized carbons (Fsp3) is 0.857. The first-order valence-electron chi connectivity index (χ1n) is 16.6. The third kappa shape index (κ3) is 8.38. The summed E-state index contributed by atoms with van der Waals surface area (Å²) in [5.74, 6) is 2.67. The molecular weight excluding hydrogens is 507 g/mol. The van der Waals surface area contributed by atoms with E-state index < -0.39 is 0 Å². The lowest BCUT2D eigenvalue weighted by atomic mass is 9.58. The first-order chi connectivity index (χ1) is 18.4. The summed E-state index contributed by atoms with van der Waals surface area (Å²) in [7, 11) is 0. The quantitative estimate of drug-likeness (QED) is 0.192. The number of halogens is 2. The van der Waals surface area contributed by atoms with Gasteiger partial charge in [-0.25, -0.2) is 0 Å². The molecule has 4 saturated carbocycles. The van der Waals surface area contributed by atoms with Gasteiger partial charge in [0.2, 0.25) is 0 Å². The van der Waals surface area contributed by atoms with Gasteiger partial charge in [0, 0.05) is 22.2 Å². The molecule has 0 bridgehead atoms. The molecule has 0 aliphatic heterocycles. The van der Waals surface area contributed by atoms with Gasteiger partial charge >= 0.3 is 0 Å². The van der Waals surface area contributed by atoms with Crippen LogP contribution in [0.4, 0.5) is 0 Å². The fourth-order valence-electron chi connectivity index (χ4n) is 8.73. The standard InChI is InChI=1S/C35H56Cl2O/c1-3-34(19-11-17-27-13-7-5-8-14-27)23-29(24-34)32(36)21-31(38)22-33(37)30-25-35(4-2,26-30)20-12-18-28-15-9-6-10-16-28/h21-22,27-30H,3-20,23-26H2,1-2H3. The van der Waals surface area contributed by atoms with E-state index in [0.29, 0.717) is 22.7 Å². The van der Waals surface area contributed by atoms with Gasteiger partial charge in [-0.2, -0.15) is 0 Å². The lowest BCUT2D eigenvalue weighted by molar-refractivity contribution is -0.110. The molecule has 0 aromatic rings. The first kappa shape index (κ1) is 30.7. The molecule has 0 spiro atoms. The maximum Gasteiger partial charge on any atom is 0.180 e. The number of allylic oxidation sites excluding steroid dienone is 4. The largest absolute Gasteiger partial charge is 0.290 e. The van der Waals surface area contributed by atoms with Crippen molar-refractivity contribution in [3.63, 3.8) is 0 Å². The van der Waals surface area contributed by atoms with Crippen LogP contribution in [0.5, 0.6) is 0 Å². The van der Waals surface area contributed by atoms with E-state index in [1.807, 2.05) is 0 Å². The molecule has 4 fully saturated rings. The SMILES string of the molecule is CCC1(CCCC2CCCCC2)CC(C(Cl)=CC(=O)C=C(Cl)C2CC(CC)(CCCC3CCCCC3)C2)C1. The number of hydrogen-bond donors (Lipinski definition) is 0. The van der Waals surface area contributed by atoms with Crippen molar-refractivity contribution in [2.75, 3.05) is 0 Å². The Morgan fingerprint density at radius 2 is 1.03 bits per heavy atom. The highest BCUT2D eigenvalue weighted by atomic mass is 35.5. The van der Waals surface area contributed by atoms with Crippen molar-refractivity contribution in [1.82, 2.24) is 0 Å². The summed E-state index contributed by atoms with van der Waals surface area (Å²) >= 11 is 13.4. The number of ketones is 1. The average molecular weight is 564 g/mol. The normalized spacial score (nSPS) is 33.6. The van der Waals surface area contributed by atoms with E-state index in [-0.39, 0.29) is 5.78 Å². The lowest BCUT2D eigenvalue weighted by Gasteiger charge is -2.48. The summed E-state index contributed by atoms with van der Waals surface area (Å²) in [6, 6.07) is 0. The molecule has 0 atom stereocenters. The van der Waals surface area contributed by atoms with Crippen LogP contribution in [0.2, 0.25) is 0 Å². The third-order valence-electron chi connectivity index (χ3n) is 11.6. The Kier molecular flexibility index (Phi) is 11.8. The summed E-state index contributed by atoms with van der Waals surface area (Å²) < 4.78 is 0. The molecule has 0 aromatic carbocycles. The number of carbonyl (C=O) groups excluding carboxylic acids is 1. The van der Waals surface area contributed by atoms with Gasteiger partial charge in [0.15, 0.2) is 5.78 Å². The van der Waals surface area contributed by atoms with Crippen molar-refractivity contribution in [2.45, 2.75) is 155 Å². The van der Waals surface area contributed by atoms with Crippen LogP contribution < -0.4 is 0 Å². The molecule has 0 heterocycles. The van der Waals surface area contributed by atoms with E-state index in [1.54, 1.807) is 12.2 Å². The van der Waals surface area contributed by atoms with E-state index in [1.165, 1.54) is 116 Å². The Morgan fingerprint density at radius 1 is 0.658 bits per heavy atom. The first-order valence-corrected chi connectivity index (χ1v) is 17.4. The maximum atomic E-state index is 12.8. The Balaban J connectivity index is 1.17. The van der Waals surface area contributed by atoms with E-state index in [2.05, 4.69) is 13.8 Å². The van der Waals surface area contributed by atoms with Gasteiger partial charge in [-0.1, -0.05) is 140 Å². The topological polar surface area (TPSA) is 17.1 Å². The lowest BCUT2D eigenvalue weighted by Crippen LogP contribution is -2.37. The Labute approximate surface area is 245 Å². The predicted octanol–water partition coefficient (Wildman–Crippen LogP) is 11.9. The van der Waals surface area contributed by atoms with E-state index in [0.717, 1.165) is 47.6 Å². The van der Waals surface area contributed by atoms with E-state index in [4.69, 9.17) is 23.2 Å². The van der Waals surface area contributed by atoms with Crippen LogP contribution in [-0.2, 0) is 4.79 Å². The molecule has 3 heteroatoms.